The number of aryl methyl sites for hydroxylation is 1. The molecule has 0 bridgehead atoms. The Morgan fingerprint density at radius 2 is 2.15 bits per heavy atom. The van der Waals surface area contributed by atoms with E-state index in [0.29, 0.717) is 16.1 Å². The second kappa shape index (κ2) is 3.85. The van der Waals surface area contributed by atoms with Crippen LogP contribution in [-0.4, -0.2) is 5.11 Å². The van der Waals surface area contributed by atoms with Gasteiger partial charge in [-0.1, -0.05) is 11.6 Å². The van der Waals surface area contributed by atoms with Crippen LogP contribution >= 0.6 is 11.6 Å². The normalized spacial score (nSPS) is 8.38. The molecule has 0 amide bonds. The third kappa shape index (κ3) is 2.15. The summed E-state index contributed by atoms with van der Waals surface area (Å²) in [7, 11) is 0. The molecule has 0 aromatic heterocycles. The molecular weight excluding hydrogens is 186 g/mol. The van der Waals surface area contributed by atoms with Gasteiger partial charge in [-0.05, 0) is 30.5 Å². The summed E-state index contributed by atoms with van der Waals surface area (Å²) >= 11 is 5.74. The molecule has 0 atom stereocenters. The number of nitrogens with zero attached hydrogens (tertiary/aromatic N) is 1. The average Bonchev–Trinajstić information content (AvgIpc) is 2.09. The van der Waals surface area contributed by atoms with Gasteiger partial charge in [-0.3, -0.25) is 0 Å². The molecule has 1 N–H and O–H groups in total. The number of halogens is 1. The molecule has 0 radical (unpaired) electrons. The topological polar surface area (TPSA) is 44.0 Å². The minimum absolute atomic E-state index is 0.0761. The first kappa shape index (κ1) is 9.45. The van der Waals surface area contributed by atoms with Gasteiger partial charge in [-0.25, -0.2) is 0 Å². The van der Waals surface area contributed by atoms with E-state index in [4.69, 9.17) is 16.9 Å². The van der Waals surface area contributed by atoms with Crippen molar-refractivity contribution in [2.24, 2.45) is 0 Å². The highest BCUT2D eigenvalue weighted by Gasteiger charge is 2.03. The maximum atomic E-state index is 9.48. The second-order valence-corrected chi connectivity index (χ2v) is 2.92. The first-order valence-electron chi connectivity index (χ1n) is 3.54. The molecule has 3 heteroatoms. The van der Waals surface area contributed by atoms with Crippen LogP contribution < -0.4 is 0 Å². The van der Waals surface area contributed by atoms with Gasteiger partial charge in [0.15, 0.2) is 6.07 Å². The summed E-state index contributed by atoms with van der Waals surface area (Å²) < 4.78 is 0. The second-order valence-electron chi connectivity index (χ2n) is 2.48. The third-order valence-corrected chi connectivity index (χ3v) is 1.74. The molecule has 64 valence electrons. The molecule has 0 saturated heterocycles. The molecule has 0 heterocycles. The number of hydrogen-bond donors (Lipinski definition) is 1. The summed E-state index contributed by atoms with van der Waals surface area (Å²) in [5, 5.41) is 18.2. The minimum Gasteiger partial charge on any atom is -0.506 e. The molecule has 0 spiro atoms. The molecule has 2 nitrogen and oxygen atoms in total. The third-order valence-electron chi connectivity index (χ3n) is 1.52. The number of phenols is 1. The number of rotatable bonds is 0. The van der Waals surface area contributed by atoms with E-state index in [0.717, 1.165) is 0 Å². The van der Waals surface area contributed by atoms with Crippen LogP contribution in [0.1, 0.15) is 11.1 Å². The maximum Gasteiger partial charge on any atom is 0.152 e. The Morgan fingerprint density at radius 1 is 1.46 bits per heavy atom. The summed E-state index contributed by atoms with van der Waals surface area (Å²) in [5.74, 6) is 4.77. The highest BCUT2D eigenvalue weighted by atomic mass is 35.5. The highest BCUT2D eigenvalue weighted by molar-refractivity contribution is 6.30. The van der Waals surface area contributed by atoms with Gasteiger partial charge in [-0.15, -0.1) is 0 Å². The Hall–Kier alpha value is -1.64. The van der Waals surface area contributed by atoms with Gasteiger partial charge in [0.05, 0.1) is 5.56 Å². The largest absolute Gasteiger partial charge is 0.506 e. The van der Waals surface area contributed by atoms with Gasteiger partial charge in [0, 0.05) is 10.9 Å². The lowest BCUT2D eigenvalue weighted by molar-refractivity contribution is 0.469. The van der Waals surface area contributed by atoms with Gasteiger partial charge < -0.3 is 5.11 Å². The molecule has 0 saturated carbocycles. The van der Waals surface area contributed by atoms with Crippen LogP contribution in [0.4, 0.5) is 0 Å². The molecule has 13 heavy (non-hydrogen) atoms. The van der Waals surface area contributed by atoms with Crippen LogP contribution in [0.3, 0.4) is 0 Å². The van der Waals surface area contributed by atoms with Crippen LogP contribution in [0.2, 0.25) is 5.02 Å². The average molecular weight is 192 g/mol. The van der Waals surface area contributed by atoms with Crippen molar-refractivity contribution >= 4 is 11.6 Å². The van der Waals surface area contributed by atoms with Crippen molar-refractivity contribution in [3.05, 3.63) is 28.3 Å². The SMILES string of the molecule is Cc1cc(Cl)cc(C#CC#N)c1O. The van der Waals surface area contributed by atoms with Crippen molar-refractivity contribution in [3.63, 3.8) is 0 Å². The maximum absolute atomic E-state index is 9.48. The predicted molar refractivity (Wildman–Crippen MR) is 50.3 cm³/mol. The van der Waals surface area contributed by atoms with Crippen LogP contribution in [-0.2, 0) is 0 Å². The fraction of sp³-hybridized carbons (Fsp3) is 0.100. The van der Waals surface area contributed by atoms with Crippen LogP contribution in [0.5, 0.6) is 5.75 Å². The molecule has 0 fully saturated rings. The quantitative estimate of drug-likeness (QED) is 0.639. The Morgan fingerprint density at radius 3 is 2.77 bits per heavy atom. The number of aromatic hydroxyl groups is 1. The van der Waals surface area contributed by atoms with E-state index in [2.05, 4.69) is 11.8 Å². The van der Waals surface area contributed by atoms with Crippen LogP contribution in [0, 0.1) is 30.1 Å². The van der Waals surface area contributed by atoms with E-state index >= 15 is 0 Å². The number of hydrogen-bond acceptors (Lipinski definition) is 2. The smallest absolute Gasteiger partial charge is 0.152 e. The molecule has 0 aliphatic rings. The van der Waals surface area contributed by atoms with E-state index in [9.17, 15) is 5.11 Å². The van der Waals surface area contributed by atoms with Crippen LogP contribution in [0.25, 0.3) is 0 Å². The number of nitriles is 1. The minimum atomic E-state index is 0.0761. The van der Waals surface area contributed by atoms with Gasteiger partial charge in [0.1, 0.15) is 5.75 Å². The molecular formula is C10H6ClNO. The first-order valence-corrected chi connectivity index (χ1v) is 3.92. The lowest BCUT2D eigenvalue weighted by atomic mass is 10.1. The predicted octanol–water partition coefficient (Wildman–Crippen LogP) is 2.23. The lowest BCUT2D eigenvalue weighted by Gasteiger charge is -2.01. The van der Waals surface area contributed by atoms with Crippen molar-refractivity contribution in [3.8, 4) is 23.7 Å². The summed E-state index contributed by atoms with van der Waals surface area (Å²) in [6.45, 7) is 1.72. The number of benzene rings is 1. The van der Waals surface area contributed by atoms with E-state index < -0.39 is 0 Å². The highest BCUT2D eigenvalue weighted by Crippen LogP contribution is 2.25. The van der Waals surface area contributed by atoms with Crippen molar-refractivity contribution in [2.45, 2.75) is 6.92 Å². The molecule has 0 unspecified atom stereocenters. The standard InChI is InChI=1S/C10H6ClNO/c1-7-5-9(11)6-8(10(7)13)3-2-4-12/h5-6,13H,1H3. The van der Waals surface area contributed by atoms with Gasteiger partial charge >= 0.3 is 0 Å². The van der Waals surface area contributed by atoms with Gasteiger partial charge in [-0.2, -0.15) is 5.26 Å². The Kier molecular flexibility index (Phi) is 2.80. The fourth-order valence-corrected chi connectivity index (χ4v) is 1.20. The molecule has 1 aromatic carbocycles. The van der Waals surface area contributed by atoms with Crippen molar-refractivity contribution in [1.29, 1.82) is 5.26 Å². The molecule has 1 aromatic rings. The summed E-state index contributed by atoms with van der Waals surface area (Å²) in [6.07, 6.45) is 0. The monoisotopic (exact) mass is 191 g/mol. The first-order chi connectivity index (χ1) is 6.15. The van der Waals surface area contributed by atoms with Gasteiger partial charge in [0.25, 0.3) is 0 Å². The summed E-state index contributed by atoms with van der Waals surface area (Å²) in [6, 6.07) is 4.82. The van der Waals surface area contributed by atoms with Crippen LogP contribution in [0.15, 0.2) is 12.1 Å². The Balaban J connectivity index is 3.30. The Labute approximate surface area is 81.4 Å². The molecule has 0 aliphatic carbocycles. The molecule has 0 aliphatic heterocycles. The fourth-order valence-electron chi connectivity index (χ4n) is 0.926. The zero-order chi connectivity index (χ0) is 9.84. The van der Waals surface area contributed by atoms with Gasteiger partial charge in [0.2, 0.25) is 0 Å². The van der Waals surface area contributed by atoms with E-state index in [-0.39, 0.29) is 5.75 Å². The molecule has 1 rings (SSSR count). The lowest BCUT2D eigenvalue weighted by Crippen LogP contribution is -1.81. The summed E-state index contributed by atoms with van der Waals surface area (Å²) in [4.78, 5) is 0. The van der Waals surface area contributed by atoms with E-state index in [1.807, 2.05) is 0 Å². The number of phenolic OH excluding ortho intramolecular Hbond substituents is 1. The summed E-state index contributed by atoms with van der Waals surface area (Å²) in [5.41, 5.74) is 1.03. The van der Waals surface area contributed by atoms with E-state index in [1.165, 1.54) is 6.07 Å². The zero-order valence-corrected chi connectivity index (χ0v) is 7.68. The van der Waals surface area contributed by atoms with Crippen molar-refractivity contribution in [1.82, 2.24) is 0 Å². The Bertz CT molecular complexity index is 435. The zero-order valence-electron chi connectivity index (χ0n) is 6.93. The van der Waals surface area contributed by atoms with Crippen molar-refractivity contribution < 1.29 is 5.11 Å². The van der Waals surface area contributed by atoms with E-state index in [1.54, 1.807) is 19.1 Å². The van der Waals surface area contributed by atoms with Crippen molar-refractivity contribution in [2.75, 3.05) is 0 Å².